The van der Waals surface area contributed by atoms with Crippen LogP contribution in [0.15, 0.2) is 0 Å². The van der Waals surface area contributed by atoms with E-state index in [0.29, 0.717) is 0 Å². The van der Waals surface area contributed by atoms with Crippen LogP contribution in [-0.4, -0.2) is 11.6 Å². The maximum Gasteiger partial charge on any atom is 0.307 e. The number of nitriles is 1. The van der Waals surface area contributed by atoms with Gasteiger partial charge in [0.2, 0.25) is 0 Å². The van der Waals surface area contributed by atoms with E-state index in [9.17, 15) is 4.79 Å². The zero-order valence-corrected chi connectivity index (χ0v) is 9.89. The van der Waals surface area contributed by atoms with Crippen molar-refractivity contribution in [1.82, 2.24) is 0 Å². The van der Waals surface area contributed by atoms with Gasteiger partial charge in [-0.1, -0.05) is 20.3 Å². The summed E-state index contributed by atoms with van der Waals surface area (Å²) in [4.78, 5) is 10.8. The third-order valence-corrected chi connectivity index (χ3v) is 0.861. The molecule has 3 nitrogen and oxygen atoms in total. The highest BCUT2D eigenvalue weighted by molar-refractivity contribution is 5.70. The number of rotatable bonds is 2. The number of hydrogen-bond acceptors (Lipinski definition) is 3. The molecule has 0 N–H and O–H groups in total. The second-order valence-electron chi connectivity index (χ2n) is 3.95. The highest BCUT2D eigenvalue weighted by Gasteiger charge is 2.15. The molecular weight excluding hydrogens is 178 g/mol. The quantitative estimate of drug-likeness (QED) is 0.642. The van der Waals surface area contributed by atoms with Gasteiger partial charge in [0.15, 0.2) is 0 Å². The van der Waals surface area contributed by atoms with E-state index in [1.54, 1.807) is 20.8 Å². The lowest BCUT2D eigenvalue weighted by atomic mass is 10.2. The van der Waals surface area contributed by atoms with Crippen LogP contribution in [0.3, 0.4) is 0 Å². The van der Waals surface area contributed by atoms with Gasteiger partial charge in [0.25, 0.3) is 0 Å². The van der Waals surface area contributed by atoms with Crippen molar-refractivity contribution in [2.75, 3.05) is 0 Å². The van der Waals surface area contributed by atoms with Crippen LogP contribution in [-0.2, 0) is 9.53 Å². The van der Waals surface area contributed by atoms with Gasteiger partial charge >= 0.3 is 5.97 Å². The lowest BCUT2D eigenvalue weighted by Gasteiger charge is -2.18. The minimum atomic E-state index is -0.438. The van der Waals surface area contributed by atoms with Crippen molar-refractivity contribution >= 4 is 5.97 Å². The van der Waals surface area contributed by atoms with Crippen molar-refractivity contribution in [3.63, 3.8) is 0 Å². The molecule has 82 valence electrons. The first-order valence-corrected chi connectivity index (χ1v) is 4.96. The molecule has 0 atom stereocenters. The second kappa shape index (κ2) is 8.55. The first-order valence-electron chi connectivity index (χ1n) is 4.96. The molecule has 0 spiro atoms. The molecule has 14 heavy (non-hydrogen) atoms. The fourth-order valence-corrected chi connectivity index (χ4v) is 0.551. The van der Waals surface area contributed by atoms with Crippen molar-refractivity contribution in [3.8, 4) is 6.07 Å². The van der Waals surface area contributed by atoms with Gasteiger partial charge < -0.3 is 4.74 Å². The molecule has 0 aliphatic heterocycles. The van der Waals surface area contributed by atoms with Crippen molar-refractivity contribution in [2.45, 2.75) is 59.5 Å². The first-order chi connectivity index (χ1) is 6.37. The summed E-state index contributed by atoms with van der Waals surface area (Å²) < 4.78 is 4.95. The van der Waals surface area contributed by atoms with Gasteiger partial charge in [-0.3, -0.25) is 4.79 Å². The van der Waals surface area contributed by atoms with Gasteiger partial charge in [0.1, 0.15) is 5.60 Å². The Labute approximate surface area is 87.1 Å². The molecule has 0 fully saturated rings. The molecule has 0 bridgehead atoms. The Hall–Kier alpha value is -1.04. The predicted octanol–water partition coefficient (Wildman–Crippen LogP) is 3.05. The van der Waals surface area contributed by atoms with Gasteiger partial charge in [-0.15, -0.1) is 0 Å². The summed E-state index contributed by atoms with van der Waals surface area (Å²) in [6.07, 6.45) is 1.67. The number of hydrogen-bond donors (Lipinski definition) is 0. The molecule has 3 heteroatoms. The Bertz CT molecular complexity index is 186. The van der Waals surface area contributed by atoms with E-state index >= 15 is 0 Å². The lowest BCUT2D eigenvalue weighted by Crippen LogP contribution is -2.23. The minimum Gasteiger partial charge on any atom is -0.460 e. The minimum absolute atomic E-state index is 0.188. The Morgan fingerprint density at radius 2 is 1.79 bits per heavy atom. The average molecular weight is 199 g/mol. The van der Waals surface area contributed by atoms with Crippen LogP contribution in [0.25, 0.3) is 0 Å². The zero-order chi connectivity index (χ0) is 11.6. The van der Waals surface area contributed by atoms with Gasteiger partial charge in [-0.2, -0.15) is 5.26 Å². The van der Waals surface area contributed by atoms with Crippen LogP contribution in [0.4, 0.5) is 0 Å². The third kappa shape index (κ3) is 17.2. The average Bonchev–Trinajstić information content (AvgIpc) is 1.99. The second-order valence-corrected chi connectivity index (χ2v) is 3.95. The molecule has 0 rings (SSSR count). The van der Waals surface area contributed by atoms with Crippen LogP contribution >= 0.6 is 0 Å². The highest BCUT2D eigenvalue weighted by Crippen LogP contribution is 2.08. The van der Waals surface area contributed by atoms with Crippen molar-refractivity contribution in [3.05, 3.63) is 0 Å². The summed E-state index contributed by atoms with van der Waals surface area (Å²) in [7, 11) is 0. The molecule has 0 saturated carbocycles. The van der Waals surface area contributed by atoms with E-state index in [1.165, 1.54) is 6.42 Å². The van der Waals surface area contributed by atoms with E-state index in [1.807, 2.05) is 6.07 Å². The number of nitrogens with zero attached hydrogens (tertiary/aromatic N) is 1. The maximum absolute atomic E-state index is 10.8. The number of esters is 1. The largest absolute Gasteiger partial charge is 0.460 e. The molecule has 0 saturated heterocycles. The zero-order valence-electron chi connectivity index (χ0n) is 9.89. The molecule has 0 radical (unpaired) electrons. The van der Waals surface area contributed by atoms with Crippen LogP contribution in [0.2, 0.25) is 0 Å². The van der Waals surface area contributed by atoms with Gasteiger partial charge in [0, 0.05) is 6.42 Å². The molecule has 0 aliphatic rings. The SMILES string of the molecule is CC(C)(C)OC(=O)CCC#N.CCC. The molecule has 0 aliphatic carbocycles. The molecule has 0 unspecified atom stereocenters. The normalized spacial score (nSPS) is 9.43. The lowest BCUT2D eigenvalue weighted by molar-refractivity contribution is -0.154. The molecule has 0 heterocycles. The Balaban J connectivity index is 0. The van der Waals surface area contributed by atoms with E-state index in [-0.39, 0.29) is 18.8 Å². The van der Waals surface area contributed by atoms with E-state index in [0.717, 1.165) is 0 Å². The standard InChI is InChI=1S/C8H13NO2.C3H8/c1-8(2,3)11-7(10)5-4-6-9;1-3-2/h4-5H2,1-3H3;3H2,1-2H3. The Morgan fingerprint density at radius 3 is 2.07 bits per heavy atom. The van der Waals surface area contributed by atoms with Crippen molar-refractivity contribution < 1.29 is 9.53 Å². The highest BCUT2D eigenvalue weighted by atomic mass is 16.6. The van der Waals surface area contributed by atoms with E-state index < -0.39 is 5.60 Å². The number of carbonyl (C=O) groups excluding carboxylic acids is 1. The van der Waals surface area contributed by atoms with Crippen molar-refractivity contribution in [2.24, 2.45) is 0 Å². The smallest absolute Gasteiger partial charge is 0.307 e. The fourth-order valence-electron chi connectivity index (χ4n) is 0.551. The first kappa shape index (κ1) is 15.4. The monoisotopic (exact) mass is 199 g/mol. The summed E-state index contributed by atoms with van der Waals surface area (Å²) in [6, 6.07) is 1.88. The topological polar surface area (TPSA) is 50.1 Å². The molecule has 0 aromatic carbocycles. The number of ether oxygens (including phenoxy) is 1. The van der Waals surface area contributed by atoms with Crippen LogP contribution in [0.5, 0.6) is 0 Å². The molecule has 0 amide bonds. The third-order valence-electron chi connectivity index (χ3n) is 0.861. The van der Waals surface area contributed by atoms with Crippen LogP contribution in [0, 0.1) is 11.3 Å². The van der Waals surface area contributed by atoms with E-state index in [4.69, 9.17) is 10.00 Å². The predicted molar refractivity (Wildman–Crippen MR) is 56.7 cm³/mol. The van der Waals surface area contributed by atoms with Gasteiger partial charge in [0.05, 0.1) is 12.5 Å². The van der Waals surface area contributed by atoms with E-state index in [2.05, 4.69) is 13.8 Å². The van der Waals surface area contributed by atoms with Crippen LogP contribution < -0.4 is 0 Å². The van der Waals surface area contributed by atoms with Gasteiger partial charge in [-0.25, -0.2) is 0 Å². The molecule has 0 aromatic heterocycles. The summed E-state index contributed by atoms with van der Waals surface area (Å²) >= 11 is 0. The molecular formula is C11H21NO2. The fraction of sp³-hybridized carbons (Fsp3) is 0.818. The van der Waals surface area contributed by atoms with Crippen LogP contribution in [0.1, 0.15) is 53.9 Å². The Morgan fingerprint density at radius 1 is 1.36 bits per heavy atom. The van der Waals surface area contributed by atoms with Gasteiger partial charge in [-0.05, 0) is 20.8 Å². The summed E-state index contributed by atoms with van der Waals surface area (Å²) in [5.41, 5.74) is -0.438. The van der Waals surface area contributed by atoms with Crippen molar-refractivity contribution in [1.29, 1.82) is 5.26 Å². The number of carbonyl (C=O) groups is 1. The molecule has 0 aromatic rings. The summed E-state index contributed by atoms with van der Waals surface area (Å²) in [6.45, 7) is 9.66. The summed E-state index contributed by atoms with van der Waals surface area (Å²) in [5.74, 6) is -0.306. The summed E-state index contributed by atoms with van der Waals surface area (Å²) in [5, 5.41) is 8.16. The maximum atomic E-state index is 10.8. The Kier molecular flexibility index (Phi) is 9.43.